The molecule has 0 heterocycles. The standard InChI is InChI=1S/C21H30N2O5/c1-15(21(26)27)23(13-12-22-16(2)24)20(25)11-10-17-6-5-9-19(14-17)28-18-7-3-4-8-18/h5-6,9,14-15,18H,3-4,7-8,10-13H2,1-2H3,(H,22,24)(H,26,27). The number of carbonyl (C=O) groups is 3. The number of amides is 2. The molecule has 1 aliphatic carbocycles. The molecule has 7 heteroatoms. The number of nitrogens with zero attached hydrogens (tertiary/aromatic N) is 1. The molecule has 1 aliphatic rings. The van der Waals surface area contributed by atoms with Crippen molar-refractivity contribution in [2.45, 2.75) is 64.5 Å². The molecule has 1 aromatic carbocycles. The number of carbonyl (C=O) groups excluding carboxylic acids is 2. The van der Waals surface area contributed by atoms with Crippen LogP contribution in [0.25, 0.3) is 0 Å². The summed E-state index contributed by atoms with van der Waals surface area (Å²) in [5.41, 5.74) is 0.980. The molecular weight excluding hydrogens is 360 g/mol. The fourth-order valence-electron chi connectivity index (χ4n) is 3.39. The number of rotatable bonds is 10. The van der Waals surface area contributed by atoms with E-state index in [9.17, 15) is 19.5 Å². The van der Waals surface area contributed by atoms with Crippen molar-refractivity contribution >= 4 is 17.8 Å². The average molecular weight is 390 g/mol. The Bertz CT molecular complexity index is 685. The van der Waals surface area contributed by atoms with E-state index >= 15 is 0 Å². The Kier molecular flexibility index (Phi) is 8.29. The highest BCUT2D eigenvalue weighted by atomic mass is 16.5. The van der Waals surface area contributed by atoms with Crippen LogP contribution in [0.4, 0.5) is 0 Å². The highest BCUT2D eigenvalue weighted by Crippen LogP contribution is 2.25. The van der Waals surface area contributed by atoms with Gasteiger partial charge in [-0.3, -0.25) is 9.59 Å². The maximum Gasteiger partial charge on any atom is 0.326 e. The third kappa shape index (κ3) is 6.87. The fraction of sp³-hybridized carbons (Fsp3) is 0.571. The SMILES string of the molecule is CC(=O)NCCN(C(=O)CCc1cccc(OC2CCCC2)c1)C(C)C(=O)O. The van der Waals surface area contributed by atoms with Gasteiger partial charge in [-0.1, -0.05) is 12.1 Å². The average Bonchev–Trinajstić information content (AvgIpc) is 3.16. The van der Waals surface area contributed by atoms with Crippen LogP contribution in [0.2, 0.25) is 0 Å². The van der Waals surface area contributed by atoms with Crippen molar-refractivity contribution in [3.05, 3.63) is 29.8 Å². The smallest absolute Gasteiger partial charge is 0.326 e. The summed E-state index contributed by atoms with van der Waals surface area (Å²) in [6.45, 7) is 3.25. The maximum atomic E-state index is 12.6. The van der Waals surface area contributed by atoms with Crippen LogP contribution in [0.1, 0.15) is 51.5 Å². The molecule has 2 rings (SSSR count). The first-order valence-corrected chi connectivity index (χ1v) is 9.89. The first-order chi connectivity index (χ1) is 13.4. The van der Waals surface area contributed by atoms with Crippen LogP contribution in [0.3, 0.4) is 0 Å². The van der Waals surface area contributed by atoms with E-state index in [2.05, 4.69) is 5.32 Å². The predicted molar refractivity (Wildman–Crippen MR) is 105 cm³/mol. The number of hydrogen-bond donors (Lipinski definition) is 2. The van der Waals surface area contributed by atoms with Gasteiger partial charge in [-0.05, 0) is 56.7 Å². The number of hydrogen-bond acceptors (Lipinski definition) is 4. The number of aliphatic carboxylic acids is 1. The van der Waals surface area contributed by atoms with E-state index in [0.717, 1.165) is 24.2 Å². The Morgan fingerprint density at radius 3 is 2.64 bits per heavy atom. The van der Waals surface area contributed by atoms with Crippen molar-refractivity contribution in [3.63, 3.8) is 0 Å². The summed E-state index contributed by atoms with van der Waals surface area (Å²) in [7, 11) is 0. The first kappa shape index (κ1) is 21.7. The van der Waals surface area contributed by atoms with Crippen LogP contribution < -0.4 is 10.1 Å². The summed E-state index contributed by atoms with van der Waals surface area (Å²) in [5.74, 6) is -0.710. The Labute approximate surface area is 166 Å². The van der Waals surface area contributed by atoms with Crippen molar-refractivity contribution < 1.29 is 24.2 Å². The van der Waals surface area contributed by atoms with Crippen LogP contribution in [0, 0.1) is 0 Å². The minimum absolute atomic E-state index is 0.163. The molecule has 0 bridgehead atoms. The predicted octanol–water partition coefficient (Wildman–Crippen LogP) is 2.38. The van der Waals surface area contributed by atoms with Crippen LogP contribution in [-0.4, -0.2) is 53.0 Å². The van der Waals surface area contributed by atoms with Gasteiger partial charge in [0.05, 0.1) is 6.10 Å². The van der Waals surface area contributed by atoms with Gasteiger partial charge in [0.1, 0.15) is 11.8 Å². The van der Waals surface area contributed by atoms with Gasteiger partial charge in [0, 0.05) is 26.4 Å². The van der Waals surface area contributed by atoms with Crippen molar-refractivity contribution in [1.29, 1.82) is 0 Å². The molecule has 1 saturated carbocycles. The third-order valence-electron chi connectivity index (χ3n) is 5.00. The normalized spacial score (nSPS) is 15.1. The second kappa shape index (κ2) is 10.7. The van der Waals surface area contributed by atoms with E-state index in [1.165, 1.54) is 31.6 Å². The largest absolute Gasteiger partial charge is 0.490 e. The summed E-state index contributed by atoms with van der Waals surface area (Å²) >= 11 is 0. The second-order valence-corrected chi connectivity index (χ2v) is 7.26. The molecule has 28 heavy (non-hydrogen) atoms. The highest BCUT2D eigenvalue weighted by Gasteiger charge is 2.25. The van der Waals surface area contributed by atoms with Gasteiger partial charge in [0.2, 0.25) is 11.8 Å². The lowest BCUT2D eigenvalue weighted by Gasteiger charge is -2.26. The Morgan fingerprint density at radius 2 is 2.00 bits per heavy atom. The molecule has 1 fully saturated rings. The first-order valence-electron chi connectivity index (χ1n) is 9.89. The summed E-state index contributed by atoms with van der Waals surface area (Å²) in [6, 6.07) is 6.79. The Morgan fingerprint density at radius 1 is 1.29 bits per heavy atom. The van der Waals surface area contributed by atoms with Crippen LogP contribution in [0.5, 0.6) is 5.75 Å². The van der Waals surface area contributed by atoms with Gasteiger partial charge < -0.3 is 20.1 Å². The Hall–Kier alpha value is -2.57. The Balaban J connectivity index is 1.92. The maximum absolute atomic E-state index is 12.6. The molecule has 154 valence electrons. The zero-order valence-corrected chi connectivity index (χ0v) is 16.6. The molecule has 2 amide bonds. The number of nitrogens with one attached hydrogen (secondary N) is 1. The summed E-state index contributed by atoms with van der Waals surface area (Å²) in [5, 5.41) is 11.9. The van der Waals surface area contributed by atoms with Crippen molar-refractivity contribution in [2.24, 2.45) is 0 Å². The van der Waals surface area contributed by atoms with Crippen molar-refractivity contribution in [1.82, 2.24) is 10.2 Å². The van der Waals surface area contributed by atoms with Gasteiger partial charge in [0.25, 0.3) is 0 Å². The fourth-order valence-corrected chi connectivity index (χ4v) is 3.39. The van der Waals surface area contributed by atoms with Gasteiger partial charge in [-0.25, -0.2) is 4.79 Å². The van der Waals surface area contributed by atoms with E-state index in [1.807, 2.05) is 24.3 Å². The quantitative estimate of drug-likeness (QED) is 0.639. The molecule has 0 radical (unpaired) electrons. The number of carboxylic acids is 1. The zero-order chi connectivity index (χ0) is 20.5. The molecule has 1 atom stereocenters. The minimum Gasteiger partial charge on any atom is -0.490 e. The molecule has 0 aliphatic heterocycles. The van der Waals surface area contributed by atoms with E-state index in [-0.39, 0.29) is 37.4 Å². The zero-order valence-electron chi connectivity index (χ0n) is 16.6. The van der Waals surface area contributed by atoms with Crippen LogP contribution in [0.15, 0.2) is 24.3 Å². The van der Waals surface area contributed by atoms with E-state index < -0.39 is 12.0 Å². The number of ether oxygens (including phenoxy) is 1. The molecule has 1 aromatic rings. The molecule has 2 N–H and O–H groups in total. The summed E-state index contributed by atoms with van der Waals surface area (Å²) in [6.07, 6.45) is 5.55. The second-order valence-electron chi connectivity index (χ2n) is 7.26. The molecule has 7 nitrogen and oxygen atoms in total. The number of carboxylic acid groups (broad SMARTS) is 1. The van der Waals surface area contributed by atoms with Crippen LogP contribution >= 0.6 is 0 Å². The van der Waals surface area contributed by atoms with Crippen molar-refractivity contribution in [2.75, 3.05) is 13.1 Å². The monoisotopic (exact) mass is 390 g/mol. The topological polar surface area (TPSA) is 95.9 Å². The number of benzene rings is 1. The molecular formula is C21H30N2O5. The van der Waals surface area contributed by atoms with Gasteiger partial charge in [-0.15, -0.1) is 0 Å². The lowest BCUT2D eigenvalue weighted by atomic mass is 10.1. The molecule has 0 aromatic heterocycles. The third-order valence-corrected chi connectivity index (χ3v) is 5.00. The highest BCUT2D eigenvalue weighted by molar-refractivity contribution is 5.83. The van der Waals surface area contributed by atoms with Crippen molar-refractivity contribution in [3.8, 4) is 5.75 Å². The minimum atomic E-state index is -1.07. The van der Waals surface area contributed by atoms with Gasteiger partial charge >= 0.3 is 5.97 Å². The van der Waals surface area contributed by atoms with Gasteiger partial charge in [0.15, 0.2) is 0 Å². The molecule has 0 saturated heterocycles. The van der Waals surface area contributed by atoms with Gasteiger partial charge in [-0.2, -0.15) is 0 Å². The number of aryl methyl sites for hydroxylation is 1. The lowest BCUT2D eigenvalue weighted by molar-refractivity contribution is -0.149. The summed E-state index contributed by atoms with van der Waals surface area (Å²) < 4.78 is 6.00. The van der Waals surface area contributed by atoms with Crippen LogP contribution in [-0.2, 0) is 20.8 Å². The molecule has 0 spiro atoms. The molecule has 1 unspecified atom stereocenters. The van der Waals surface area contributed by atoms with E-state index in [4.69, 9.17) is 4.74 Å². The van der Waals surface area contributed by atoms with E-state index in [1.54, 1.807) is 0 Å². The lowest BCUT2D eigenvalue weighted by Crippen LogP contribution is -2.46. The van der Waals surface area contributed by atoms with E-state index in [0.29, 0.717) is 6.42 Å². The summed E-state index contributed by atoms with van der Waals surface area (Å²) in [4.78, 5) is 36.3.